The molecule has 0 aliphatic carbocycles. The Hall–Kier alpha value is -2.31. The summed E-state index contributed by atoms with van der Waals surface area (Å²) in [7, 11) is 3.91. The fraction of sp³-hybridized carbons (Fsp3) is 0.263. The van der Waals surface area contributed by atoms with Crippen LogP contribution >= 0.6 is 11.3 Å². The molecule has 0 atom stereocenters. The van der Waals surface area contributed by atoms with Gasteiger partial charge in [-0.25, -0.2) is 9.37 Å². The Morgan fingerprint density at radius 2 is 1.88 bits per heavy atom. The highest BCUT2D eigenvalue weighted by Gasteiger charge is 2.23. The number of aryl methyl sites for hydroxylation is 1. The van der Waals surface area contributed by atoms with Gasteiger partial charge in [0.2, 0.25) is 0 Å². The van der Waals surface area contributed by atoms with E-state index in [0.717, 1.165) is 10.3 Å². The van der Waals surface area contributed by atoms with Gasteiger partial charge in [0.05, 0.1) is 4.70 Å². The molecule has 0 aliphatic heterocycles. The van der Waals surface area contributed by atoms with Crippen molar-refractivity contribution in [2.24, 2.45) is 0 Å². The van der Waals surface area contributed by atoms with Crippen molar-refractivity contribution in [1.29, 1.82) is 0 Å². The molecule has 6 heteroatoms. The standard InChI is InChI=1S/C19H20FN3OS/c1-13-7-4-5-8-14(13)18(24)23(12-11-22(2)3)19-21-17-15(20)9-6-10-16(17)25-19/h4-10H,11-12H2,1-3H3. The van der Waals surface area contributed by atoms with Crippen LogP contribution in [0.15, 0.2) is 42.5 Å². The molecule has 0 saturated carbocycles. The van der Waals surface area contributed by atoms with Crippen LogP contribution in [-0.2, 0) is 0 Å². The third-order valence-electron chi connectivity index (χ3n) is 3.98. The Kier molecular flexibility index (Phi) is 5.11. The number of aromatic nitrogens is 1. The summed E-state index contributed by atoms with van der Waals surface area (Å²) in [5, 5.41) is 0.523. The van der Waals surface area contributed by atoms with Gasteiger partial charge in [0.15, 0.2) is 5.13 Å². The van der Waals surface area contributed by atoms with Gasteiger partial charge >= 0.3 is 0 Å². The molecule has 25 heavy (non-hydrogen) atoms. The van der Waals surface area contributed by atoms with Crippen LogP contribution < -0.4 is 4.90 Å². The molecule has 2 aromatic carbocycles. The molecule has 1 amide bonds. The van der Waals surface area contributed by atoms with Crippen LogP contribution in [-0.4, -0.2) is 43.0 Å². The van der Waals surface area contributed by atoms with E-state index < -0.39 is 0 Å². The van der Waals surface area contributed by atoms with E-state index in [-0.39, 0.29) is 11.7 Å². The second-order valence-corrected chi connectivity index (χ2v) is 7.17. The van der Waals surface area contributed by atoms with E-state index in [4.69, 9.17) is 0 Å². The summed E-state index contributed by atoms with van der Waals surface area (Å²) in [6.45, 7) is 3.09. The second kappa shape index (κ2) is 7.29. The first-order valence-corrected chi connectivity index (χ1v) is 8.86. The minimum atomic E-state index is -0.365. The van der Waals surface area contributed by atoms with Crippen LogP contribution in [0.3, 0.4) is 0 Å². The zero-order valence-electron chi connectivity index (χ0n) is 14.5. The molecule has 0 N–H and O–H groups in total. The first-order valence-electron chi connectivity index (χ1n) is 8.04. The lowest BCUT2D eigenvalue weighted by Gasteiger charge is -2.22. The van der Waals surface area contributed by atoms with Gasteiger partial charge in [0, 0.05) is 18.7 Å². The molecule has 0 saturated heterocycles. The molecule has 0 unspecified atom stereocenters. The number of hydrogen-bond donors (Lipinski definition) is 0. The molecular weight excluding hydrogens is 337 g/mol. The number of carbonyl (C=O) groups excluding carboxylic acids is 1. The number of hydrogen-bond acceptors (Lipinski definition) is 4. The second-order valence-electron chi connectivity index (χ2n) is 6.16. The van der Waals surface area contributed by atoms with Gasteiger partial charge in [-0.15, -0.1) is 0 Å². The van der Waals surface area contributed by atoms with Crippen LogP contribution in [0.25, 0.3) is 10.2 Å². The Balaban J connectivity index is 2.03. The molecule has 0 fully saturated rings. The monoisotopic (exact) mass is 357 g/mol. The van der Waals surface area contributed by atoms with Crippen LogP contribution in [0.2, 0.25) is 0 Å². The van der Waals surface area contributed by atoms with E-state index in [1.54, 1.807) is 11.0 Å². The molecule has 1 heterocycles. The summed E-state index contributed by atoms with van der Waals surface area (Å²) < 4.78 is 14.7. The highest BCUT2D eigenvalue weighted by Crippen LogP contribution is 2.31. The molecule has 3 rings (SSSR count). The number of thiazole rings is 1. The lowest BCUT2D eigenvalue weighted by molar-refractivity contribution is 0.0984. The van der Waals surface area contributed by atoms with E-state index >= 15 is 0 Å². The normalized spacial score (nSPS) is 11.2. The molecule has 1 aromatic heterocycles. The average molecular weight is 357 g/mol. The Morgan fingerprint density at radius 1 is 1.12 bits per heavy atom. The summed E-state index contributed by atoms with van der Waals surface area (Å²) in [4.78, 5) is 21.2. The molecular formula is C19H20FN3OS. The van der Waals surface area contributed by atoms with Crippen molar-refractivity contribution in [3.63, 3.8) is 0 Å². The van der Waals surface area contributed by atoms with Gasteiger partial charge in [0.1, 0.15) is 11.3 Å². The highest BCUT2D eigenvalue weighted by atomic mass is 32.1. The van der Waals surface area contributed by atoms with Crippen molar-refractivity contribution in [1.82, 2.24) is 9.88 Å². The number of halogens is 1. The molecule has 0 radical (unpaired) electrons. The average Bonchev–Trinajstić information content (AvgIpc) is 3.00. The van der Waals surface area contributed by atoms with E-state index in [9.17, 15) is 9.18 Å². The summed E-state index contributed by atoms with van der Waals surface area (Å²) in [6.07, 6.45) is 0. The lowest BCUT2D eigenvalue weighted by Crippen LogP contribution is -2.37. The van der Waals surface area contributed by atoms with Crippen LogP contribution in [0, 0.1) is 12.7 Å². The third kappa shape index (κ3) is 3.70. The first kappa shape index (κ1) is 17.5. The zero-order chi connectivity index (χ0) is 18.0. The van der Waals surface area contributed by atoms with Crippen molar-refractivity contribution in [2.75, 3.05) is 32.1 Å². The number of likely N-dealkylation sites (N-methyl/N-ethyl adjacent to an activating group) is 1. The fourth-order valence-electron chi connectivity index (χ4n) is 2.56. The van der Waals surface area contributed by atoms with Gasteiger partial charge in [0.25, 0.3) is 5.91 Å². The molecule has 0 bridgehead atoms. The minimum absolute atomic E-state index is 0.112. The third-order valence-corrected chi connectivity index (χ3v) is 5.02. The lowest BCUT2D eigenvalue weighted by atomic mass is 10.1. The van der Waals surface area contributed by atoms with E-state index in [2.05, 4.69) is 4.98 Å². The van der Waals surface area contributed by atoms with Crippen molar-refractivity contribution in [3.8, 4) is 0 Å². The van der Waals surface area contributed by atoms with Crippen LogP contribution in [0.4, 0.5) is 9.52 Å². The number of fused-ring (bicyclic) bond motifs is 1. The Morgan fingerprint density at radius 3 is 2.56 bits per heavy atom. The van der Waals surface area contributed by atoms with Gasteiger partial charge in [-0.2, -0.15) is 0 Å². The van der Waals surface area contributed by atoms with Crippen molar-refractivity contribution >= 4 is 32.6 Å². The maximum atomic E-state index is 14.0. The fourth-order valence-corrected chi connectivity index (χ4v) is 3.57. The number of amides is 1. The van der Waals surface area contributed by atoms with Gasteiger partial charge in [-0.3, -0.25) is 9.69 Å². The smallest absolute Gasteiger partial charge is 0.260 e. The summed E-state index contributed by atoms with van der Waals surface area (Å²) in [6, 6.07) is 12.4. The van der Waals surface area contributed by atoms with Crippen molar-refractivity contribution < 1.29 is 9.18 Å². The first-order chi connectivity index (χ1) is 12.0. The molecule has 0 spiro atoms. The number of benzene rings is 2. The maximum Gasteiger partial charge on any atom is 0.260 e. The van der Waals surface area contributed by atoms with E-state index in [1.807, 2.05) is 56.3 Å². The predicted molar refractivity (Wildman–Crippen MR) is 101 cm³/mol. The molecule has 130 valence electrons. The quantitative estimate of drug-likeness (QED) is 0.694. The van der Waals surface area contributed by atoms with Crippen LogP contribution in [0.5, 0.6) is 0 Å². The van der Waals surface area contributed by atoms with Crippen molar-refractivity contribution in [2.45, 2.75) is 6.92 Å². The van der Waals surface area contributed by atoms with E-state index in [0.29, 0.717) is 29.3 Å². The molecule has 3 aromatic rings. The predicted octanol–water partition coefficient (Wildman–Crippen LogP) is 3.95. The number of rotatable bonds is 5. The summed E-state index contributed by atoms with van der Waals surface area (Å²) in [5.74, 6) is -0.477. The van der Waals surface area contributed by atoms with Crippen molar-refractivity contribution in [3.05, 3.63) is 59.4 Å². The van der Waals surface area contributed by atoms with Gasteiger partial charge in [-0.1, -0.05) is 35.6 Å². The zero-order valence-corrected chi connectivity index (χ0v) is 15.3. The highest BCUT2D eigenvalue weighted by molar-refractivity contribution is 7.22. The topological polar surface area (TPSA) is 36.4 Å². The number of carbonyl (C=O) groups is 1. The number of nitrogens with zero attached hydrogens (tertiary/aromatic N) is 3. The molecule has 4 nitrogen and oxygen atoms in total. The van der Waals surface area contributed by atoms with Gasteiger partial charge in [-0.05, 0) is 44.8 Å². The largest absolute Gasteiger partial charge is 0.308 e. The Bertz CT molecular complexity index is 907. The SMILES string of the molecule is Cc1ccccc1C(=O)N(CCN(C)C)c1nc2c(F)cccc2s1. The summed E-state index contributed by atoms with van der Waals surface area (Å²) >= 11 is 1.34. The Labute approximate surface area is 150 Å². The van der Waals surface area contributed by atoms with Crippen LogP contribution in [0.1, 0.15) is 15.9 Å². The van der Waals surface area contributed by atoms with E-state index in [1.165, 1.54) is 17.4 Å². The molecule has 0 aliphatic rings. The minimum Gasteiger partial charge on any atom is -0.308 e. The van der Waals surface area contributed by atoms with Gasteiger partial charge < -0.3 is 4.90 Å². The summed E-state index contributed by atoms with van der Waals surface area (Å²) in [5.41, 5.74) is 1.87. The number of para-hydroxylation sites is 1. The number of anilines is 1. The maximum absolute atomic E-state index is 14.0.